The molecule has 0 bridgehead atoms. The van der Waals surface area contributed by atoms with Crippen molar-refractivity contribution >= 4 is 40.8 Å². The maximum atomic E-state index is 12.7. The molecule has 150 valence electrons. The van der Waals surface area contributed by atoms with Gasteiger partial charge in [0.15, 0.2) is 5.78 Å². The fourth-order valence-corrected chi connectivity index (χ4v) is 4.02. The van der Waals surface area contributed by atoms with E-state index in [-0.39, 0.29) is 5.78 Å². The lowest BCUT2D eigenvalue weighted by Crippen LogP contribution is -2.33. The predicted octanol–water partition coefficient (Wildman–Crippen LogP) is 5.76. The van der Waals surface area contributed by atoms with E-state index in [1.165, 1.54) is 12.3 Å². The average molecular weight is 433 g/mol. The van der Waals surface area contributed by atoms with Crippen LogP contribution in [-0.4, -0.2) is 11.9 Å². The first kappa shape index (κ1) is 19.6. The largest absolute Gasteiger partial charge is 0.472 e. The fraction of sp³-hybridized carbons (Fsp3) is 0.238. The molecule has 1 aromatic carbocycles. The first-order chi connectivity index (χ1) is 13.9. The number of allylic oxidation sites excluding steroid dienone is 3. The standard InChI is InChI=1S/C21H18Cl2N2O4/c1-11-20(29-21(27)25-16-9-13(22)5-6-14(16)23)18(12-7-8-28-10-12)19-15(24-11)3-2-4-17(19)26/h5-10,18,24H,2-4H2,1H3,(H,25,27). The number of dihydropyridines is 1. The molecule has 1 amide bonds. The number of Topliss-reactive ketones (excluding diaryl/α,β-unsaturated/α-hetero) is 1. The number of carbonyl (C=O) groups excluding carboxylic acids is 2. The third kappa shape index (κ3) is 3.91. The second-order valence-corrected chi connectivity index (χ2v) is 7.76. The summed E-state index contributed by atoms with van der Waals surface area (Å²) >= 11 is 12.1. The number of halogens is 2. The summed E-state index contributed by atoms with van der Waals surface area (Å²) in [5.74, 6) is -0.133. The minimum absolute atomic E-state index is 0.0387. The number of carbonyl (C=O) groups is 2. The molecule has 2 aliphatic rings. The number of nitrogens with one attached hydrogen (secondary N) is 2. The molecule has 0 spiro atoms. The Bertz CT molecular complexity index is 1040. The molecule has 6 nitrogen and oxygen atoms in total. The summed E-state index contributed by atoms with van der Waals surface area (Å²) in [6, 6.07) is 6.50. The van der Waals surface area contributed by atoms with Crippen LogP contribution in [0.4, 0.5) is 10.5 Å². The van der Waals surface area contributed by atoms with Crippen LogP contribution in [0.3, 0.4) is 0 Å². The monoisotopic (exact) mass is 432 g/mol. The lowest BCUT2D eigenvalue weighted by molar-refractivity contribution is -0.116. The number of hydrogen-bond acceptors (Lipinski definition) is 5. The van der Waals surface area contributed by atoms with Crippen molar-refractivity contribution < 1.29 is 18.7 Å². The molecular weight excluding hydrogens is 415 g/mol. The molecule has 1 unspecified atom stereocenters. The number of ketones is 1. The van der Waals surface area contributed by atoms with Gasteiger partial charge in [-0.05, 0) is 44.0 Å². The predicted molar refractivity (Wildman–Crippen MR) is 110 cm³/mol. The average Bonchev–Trinajstić information content (AvgIpc) is 3.20. The molecule has 29 heavy (non-hydrogen) atoms. The van der Waals surface area contributed by atoms with Gasteiger partial charge in [-0.1, -0.05) is 23.2 Å². The molecule has 4 rings (SSSR count). The highest BCUT2D eigenvalue weighted by molar-refractivity contribution is 6.35. The summed E-state index contributed by atoms with van der Waals surface area (Å²) in [6.45, 7) is 1.81. The third-order valence-corrected chi connectivity index (χ3v) is 5.52. The molecule has 2 aromatic rings. The second kappa shape index (κ2) is 7.97. The molecule has 8 heteroatoms. The lowest BCUT2D eigenvalue weighted by atomic mass is 9.79. The summed E-state index contributed by atoms with van der Waals surface area (Å²) in [6.07, 6.45) is 4.39. The van der Waals surface area contributed by atoms with Gasteiger partial charge in [-0.3, -0.25) is 10.1 Å². The summed E-state index contributed by atoms with van der Waals surface area (Å²) in [5.41, 5.74) is 3.23. The number of furan rings is 1. The fourth-order valence-electron chi connectivity index (χ4n) is 3.69. The number of hydrogen-bond donors (Lipinski definition) is 2. The van der Waals surface area contributed by atoms with E-state index in [4.69, 9.17) is 32.4 Å². The third-order valence-electron chi connectivity index (χ3n) is 4.96. The molecule has 1 aromatic heterocycles. The SMILES string of the molecule is CC1=C(OC(=O)Nc2cc(Cl)ccc2Cl)C(c2ccoc2)C2=C(CCCC2=O)N1. The van der Waals surface area contributed by atoms with E-state index in [2.05, 4.69) is 10.6 Å². The van der Waals surface area contributed by atoms with Crippen LogP contribution in [0, 0.1) is 0 Å². The highest BCUT2D eigenvalue weighted by Crippen LogP contribution is 2.42. The Hall–Kier alpha value is -2.70. The van der Waals surface area contributed by atoms with Crippen LogP contribution < -0.4 is 10.6 Å². The van der Waals surface area contributed by atoms with Gasteiger partial charge in [0.2, 0.25) is 0 Å². The number of anilines is 1. The number of benzene rings is 1. The molecule has 1 aliphatic carbocycles. The van der Waals surface area contributed by atoms with Gasteiger partial charge in [0.1, 0.15) is 5.76 Å². The second-order valence-electron chi connectivity index (χ2n) is 6.91. The minimum atomic E-state index is -0.730. The van der Waals surface area contributed by atoms with E-state index in [0.29, 0.717) is 39.2 Å². The van der Waals surface area contributed by atoms with E-state index in [9.17, 15) is 9.59 Å². The molecule has 1 atom stereocenters. The van der Waals surface area contributed by atoms with Crippen molar-refractivity contribution in [1.82, 2.24) is 5.32 Å². The normalized spacial score (nSPS) is 19.0. The highest BCUT2D eigenvalue weighted by atomic mass is 35.5. The van der Waals surface area contributed by atoms with Gasteiger partial charge >= 0.3 is 6.09 Å². The quantitative estimate of drug-likeness (QED) is 0.643. The van der Waals surface area contributed by atoms with Crippen molar-refractivity contribution in [3.8, 4) is 0 Å². The van der Waals surface area contributed by atoms with Crippen molar-refractivity contribution in [2.75, 3.05) is 5.32 Å². The first-order valence-electron chi connectivity index (χ1n) is 9.14. The lowest BCUT2D eigenvalue weighted by Gasteiger charge is -2.33. The molecule has 0 saturated heterocycles. The van der Waals surface area contributed by atoms with Gasteiger partial charge in [0.05, 0.1) is 34.9 Å². The van der Waals surface area contributed by atoms with E-state index >= 15 is 0 Å². The van der Waals surface area contributed by atoms with Crippen molar-refractivity contribution in [2.45, 2.75) is 32.1 Å². The Balaban J connectivity index is 1.65. The molecule has 2 N–H and O–H groups in total. The molecule has 0 radical (unpaired) electrons. The van der Waals surface area contributed by atoms with Crippen LogP contribution in [-0.2, 0) is 9.53 Å². The van der Waals surface area contributed by atoms with Crippen LogP contribution in [0.1, 0.15) is 37.7 Å². The zero-order chi connectivity index (χ0) is 20.5. The van der Waals surface area contributed by atoms with E-state index < -0.39 is 12.0 Å². The van der Waals surface area contributed by atoms with Gasteiger partial charge in [0.25, 0.3) is 0 Å². The molecular formula is C21H18Cl2N2O4. The van der Waals surface area contributed by atoms with Crippen LogP contribution in [0.15, 0.2) is 63.9 Å². The van der Waals surface area contributed by atoms with E-state index in [0.717, 1.165) is 24.1 Å². The summed E-state index contributed by atoms with van der Waals surface area (Å²) in [4.78, 5) is 25.3. The Labute approximate surface area is 177 Å². The van der Waals surface area contributed by atoms with Gasteiger partial charge < -0.3 is 14.5 Å². The molecule has 2 heterocycles. The Morgan fingerprint density at radius 2 is 2.10 bits per heavy atom. The Morgan fingerprint density at radius 1 is 1.28 bits per heavy atom. The number of rotatable bonds is 3. The maximum Gasteiger partial charge on any atom is 0.416 e. The van der Waals surface area contributed by atoms with Crippen LogP contribution in [0.5, 0.6) is 0 Å². The van der Waals surface area contributed by atoms with Crippen molar-refractivity contribution in [3.63, 3.8) is 0 Å². The van der Waals surface area contributed by atoms with Gasteiger partial charge in [-0.25, -0.2) is 4.79 Å². The van der Waals surface area contributed by atoms with Crippen molar-refractivity contribution in [3.05, 3.63) is 75.1 Å². The number of ether oxygens (including phenoxy) is 1. The van der Waals surface area contributed by atoms with Crippen LogP contribution in [0.2, 0.25) is 10.0 Å². The minimum Gasteiger partial charge on any atom is -0.472 e. The zero-order valence-electron chi connectivity index (χ0n) is 15.6. The van der Waals surface area contributed by atoms with Gasteiger partial charge in [-0.15, -0.1) is 0 Å². The Morgan fingerprint density at radius 3 is 2.86 bits per heavy atom. The Kier molecular flexibility index (Phi) is 5.39. The number of amides is 1. The van der Waals surface area contributed by atoms with Crippen molar-refractivity contribution in [1.29, 1.82) is 0 Å². The van der Waals surface area contributed by atoms with Crippen molar-refractivity contribution in [2.24, 2.45) is 0 Å². The molecule has 0 saturated carbocycles. The van der Waals surface area contributed by atoms with Crippen LogP contribution >= 0.6 is 23.2 Å². The van der Waals surface area contributed by atoms with Crippen LogP contribution in [0.25, 0.3) is 0 Å². The van der Waals surface area contributed by atoms with E-state index in [1.54, 1.807) is 24.5 Å². The first-order valence-corrected chi connectivity index (χ1v) is 9.89. The smallest absolute Gasteiger partial charge is 0.416 e. The summed E-state index contributed by atoms with van der Waals surface area (Å²) in [5, 5.41) is 6.60. The topological polar surface area (TPSA) is 80.6 Å². The molecule has 1 aliphatic heterocycles. The van der Waals surface area contributed by atoms with E-state index in [1.807, 2.05) is 6.92 Å². The zero-order valence-corrected chi connectivity index (χ0v) is 17.1. The maximum absolute atomic E-state index is 12.7. The summed E-state index contributed by atoms with van der Waals surface area (Å²) in [7, 11) is 0. The highest BCUT2D eigenvalue weighted by Gasteiger charge is 2.38. The molecule has 0 fully saturated rings. The summed E-state index contributed by atoms with van der Waals surface area (Å²) < 4.78 is 10.9. The van der Waals surface area contributed by atoms with Gasteiger partial charge in [0, 0.05) is 28.3 Å². The van der Waals surface area contributed by atoms with Gasteiger partial charge in [-0.2, -0.15) is 0 Å².